The lowest BCUT2D eigenvalue weighted by Gasteiger charge is -2.27. The summed E-state index contributed by atoms with van der Waals surface area (Å²) in [7, 11) is 0. The number of hydrogen-bond acceptors (Lipinski definition) is 3. The van der Waals surface area contributed by atoms with Gasteiger partial charge >= 0.3 is 0 Å². The van der Waals surface area contributed by atoms with E-state index in [4.69, 9.17) is 0 Å². The zero-order valence-electron chi connectivity index (χ0n) is 16.9. The van der Waals surface area contributed by atoms with Crippen molar-refractivity contribution in [2.45, 2.75) is 26.1 Å². The Hall–Kier alpha value is -3.68. The van der Waals surface area contributed by atoms with E-state index < -0.39 is 6.04 Å². The van der Waals surface area contributed by atoms with Crippen molar-refractivity contribution in [2.24, 2.45) is 0 Å². The van der Waals surface area contributed by atoms with Gasteiger partial charge in [0.1, 0.15) is 6.04 Å². The summed E-state index contributed by atoms with van der Waals surface area (Å²) in [4.78, 5) is 18.0. The first kappa shape index (κ1) is 19.6. The lowest BCUT2D eigenvalue weighted by Crippen LogP contribution is -2.31. The molecule has 0 bridgehead atoms. The summed E-state index contributed by atoms with van der Waals surface area (Å²) in [6.45, 7) is 3.11. The van der Waals surface area contributed by atoms with Crippen LogP contribution in [-0.4, -0.2) is 9.88 Å². The molecule has 0 saturated heterocycles. The molecule has 4 rings (SSSR count). The number of aromatic nitrogens is 1. The third-order valence-electron chi connectivity index (χ3n) is 5.36. The minimum absolute atomic E-state index is 0.213. The van der Waals surface area contributed by atoms with Crippen LogP contribution in [0.3, 0.4) is 0 Å². The van der Waals surface area contributed by atoms with Gasteiger partial charge in [-0.15, -0.1) is 0 Å². The molecule has 1 atom stereocenters. The quantitative estimate of drug-likeness (QED) is 0.496. The second-order valence-corrected chi connectivity index (χ2v) is 7.50. The molecule has 148 valence electrons. The number of aromatic amines is 1. The van der Waals surface area contributed by atoms with Crippen molar-refractivity contribution in [3.05, 3.63) is 118 Å². The van der Waals surface area contributed by atoms with E-state index in [0.717, 1.165) is 27.6 Å². The van der Waals surface area contributed by atoms with Gasteiger partial charge in [-0.3, -0.25) is 9.69 Å². The predicted molar refractivity (Wildman–Crippen MR) is 120 cm³/mol. The number of rotatable bonds is 6. The molecule has 4 nitrogen and oxygen atoms in total. The van der Waals surface area contributed by atoms with E-state index >= 15 is 0 Å². The monoisotopic (exact) mass is 393 g/mol. The molecule has 0 aliphatic carbocycles. The van der Waals surface area contributed by atoms with Crippen molar-refractivity contribution in [1.82, 2.24) is 9.88 Å². The van der Waals surface area contributed by atoms with Crippen molar-refractivity contribution in [1.29, 1.82) is 5.26 Å². The molecule has 0 aliphatic heterocycles. The first-order chi connectivity index (χ1) is 14.7. The fraction of sp³-hybridized carbons (Fsp3) is 0.154. The summed E-state index contributed by atoms with van der Waals surface area (Å²) in [5.41, 5.74) is 4.29. The number of H-pyrrole nitrogens is 1. The van der Waals surface area contributed by atoms with Crippen LogP contribution in [0.15, 0.2) is 89.7 Å². The molecule has 4 aromatic rings. The number of nitrogens with one attached hydrogen (secondary N) is 1. The molecule has 0 amide bonds. The smallest absolute Gasteiger partial charge is 0.254 e. The van der Waals surface area contributed by atoms with Gasteiger partial charge < -0.3 is 4.98 Å². The highest BCUT2D eigenvalue weighted by molar-refractivity contribution is 5.82. The van der Waals surface area contributed by atoms with Crippen molar-refractivity contribution in [2.75, 3.05) is 0 Å². The molecule has 0 radical (unpaired) electrons. The Balaban J connectivity index is 1.77. The molecular formula is C26H23N3O. The highest BCUT2D eigenvalue weighted by Gasteiger charge is 2.24. The van der Waals surface area contributed by atoms with Gasteiger partial charge in [-0.2, -0.15) is 5.26 Å². The minimum atomic E-state index is -0.668. The van der Waals surface area contributed by atoms with Crippen LogP contribution >= 0.6 is 0 Å². The topological polar surface area (TPSA) is 59.9 Å². The number of fused-ring (bicyclic) bond motifs is 1. The number of pyridine rings is 1. The van der Waals surface area contributed by atoms with Gasteiger partial charge in [-0.1, -0.05) is 78.9 Å². The van der Waals surface area contributed by atoms with E-state index in [1.807, 2.05) is 91.9 Å². The van der Waals surface area contributed by atoms with Crippen molar-refractivity contribution in [3.8, 4) is 6.07 Å². The highest BCUT2D eigenvalue weighted by Crippen LogP contribution is 2.25. The van der Waals surface area contributed by atoms with E-state index in [2.05, 4.69) is 16.0 Å². The van der Waals surface area contributed by atoms with E-state index in [-0.39, 0.29) is 5.56 Å². The molecule has 3 aromatic carbocycles. The number of benzene rings is 3. The molecule has 1 N–H and O–H groups in total. The maximum atomic E-state index is 13.0. The summed E-state index contributed by atoms with van der Waals surface area (Å²) < 4.78 is 0. The van der Waals surface area contributed by atoms with Gasteiger partial charge in [0.2, 0.25) is 0 Å². The van der Waals surface area contributed by atoms with Gasteiger partial charge in [-0.05, 0) is 35.1 Å². The Kier molecular flexibility index (Phi) is 5.74. The highest BCUT2D eigenvalue weighted by atomic mass is 16.1. The number of aryl methyl sites for hydroxylation is 1. The zero-order chi connectivity index (χ0) is 20.9. The molecule has 1 aromatic heterocycles. The molecule has 30 heavy (non-hydrogen) atoms. The predicted octanol–water partition coefficient (Wildman–Crippen LogP) is 5.10. The largest absolute Gasteiger partial charge is 0.321 e. The first-order valence-electron chi connectivity index (χ1n) is 10.00. The standard InChI is InChI=1S/C26H23N3O/c1-19-9-8-14-22-15-23(26(30)28-25(19)22)24(16-27)29(17-20-10-4-2-5-11-20)18-21-12-6-3-7-13-21/h2-15,24H,17-18H2,1H3,(H,28,30). The van der Waals surface area contributed by atoms with Gasteiger partial charge in [0.05, 0.1) is 11.6 Å². The van der Waals surface area contributed by atoms with Crippen LogP contribution in [0.2, 0.25) is 0 Å². The molecule has 0 aliphatic rings. The van der Waals surface area contributed by atoms with Crippen molar-refractivity contribution < 1.29 is 0 Å². The average Bonchev–Trinajstić information content (AvgIpc) is 2.77. The number of hydrogen-bond donors (Lipinski definition) is 1. The zero-order valence-corrected chi connectivity index (χ0v) is 16.9. The Morgan fingerprint density at radius 2 is 1.50 bits per heavy atom. The van der Waals surface area contributed by atoms with Crippen LogP contribution in [0.4, 0.5) is 0 Å². The molecule has 0 spiro atoms. The maximum absolute atomic E-state index is 13.0. The normalized spacial score (nSPS) is 12.0. The van der Waals surface area contributed by atoms with E-state index in [1.54, 1.807) is 0 Å². The van der Waals surface area contributed by atoms with Crippen LogP contribution in [0.25, 0.3) is 10.9 Å². The Morgan fingerprint density at radius 1 is 0.900 bits per heavy atom. The summed E-state index contributed by atoms with van der Waals surface area (Å²) in [6.07, 6.45) is 0. The van der Waals surface area contributed by atoms with Crippen LogP contribution in [0, 0.1) is 18.3 Å². The van der Waals surface area contributed by atoms with Crippen LogP contribution in [0.5, 0.6) is 0 Å². The average molecular weight is 393 g/mol. The van der Waals surface area contributed by atoms with Gasteiger partial charge in [-0.25, -0.2) is 0 Å². The summed E-state index contributed by atoms with van der Waals surface area (Å²) in [5.74, 6) is 0. The Morgan fingerprint density at radius 3 is 2.07 bits per heavy atom. The second-order valence-electron chi connectivity index (χ2n) is 7.50. The first-order valence-corrected chi connectivity index (χ1v) is 10.00. The molecule has 4 heteroatoms. The fourth-order valence-electron chi connectivity index (χ4n) is 3.83. The lowest BCUT2D eigenvalue weighted by molar-refractivity contribution is 0.216. The number of nitriles is 1. The van der Waals surface area contributed by atoms with E-state index in [1.165, 1.54) is 0 Å². The molecule has 0 saturated carbocycles. The third-order valence-corrected chi connectivity index (χ3v) is 5.36. The summed E-state index contributed by atoms with van der Waals surface area (Å²) >= 11 is 0. The fourth-order valence-corrected chi connectivity index (χ4v) is 3.83. The van der Waals surface area contributed by atoms with Crippen molar-refractivity contribution in [3.63, 3.8) is 0 Å². The SMILES string of the molecule is Cc1cccc2cc(C(C#N)N(Cc3ccccc3)Cc3ccccc3)c(=O)[nH]c12. The molecule has 1 heterocycles. The third kappa shape index (κ3) is 4.17. The Bertz CT molecular complexity index is 1200. The van der Waals surface area contributed by atoms with Gasteiger partial charge in [0, 0.05) is 18.7 Å². The van der Waals surface area contributed by atoms with Crippen molar-refractivity contribution >= 4 is 10.9 Å². The molecule has 0 fully saturated rings. The molecule has 1 unspecified atom stereocenters. The van der Waals surface area contributed by atoms with Crippen LogP contribution < -0.4 is 5.56 Å². The number of nitrogens with zero attached hydrogens (tertiary/aromatic N) is 2. The minimum Gasteiger partial charge on any atom is -0.321 e. The lowest BCUT2D eigenvalue weighted by atomic mass is 10.0. The summed E-state index contributed by atoms with van der Waals surface area (Å²) in [6, 6.07) is 29.6. The summed E-state index contributed by atoms with van der Waals surface area (Å²) in [5, 5.41) is 11.0. The Labute approximate surface area is 176 Å². The number of para-hydroxylation sites is 1. The second kappa shape index (κ2) is 8.77. The van der Waals surface area contributed by atoms with E-state index in [0.29, 0.717) is 18.7 Å². The molecular weight excluding hydrogens is 370 g/mol. The van der Waals surface area contributed by atoms with Gasteiger partial charge in [0.25, 0.3) is 5.56 Å². The van der Waals surface area contributed by atoms with E-state index in [9.17, 15) is 10.1 Å². The van der Waals surface area contributed by atoms with Gasteiger partial charge in [0.15, 0.2) is 0 Å². The maximum Gasteiger partial charge on any atom is 0.254 e. The van der Waals surface area contributed by atoms with Crippen LogP contribution in [0.1, 0.15) is 28.3 Å². The van der Waals surface area contributed by atoms with Crippen LogP contribution in [-0.2, 0) is 13.1 Å².